The van der Waals surface area contributed by atoms with E-state index in [1.807, 2.05) is 19.9 Å². The van der Waals surface area contributed by atoms with Gasteiger partial charge in [-0.1, -0.05) is 6.07 Å². The number of benzene rings is 1. The molecule has 0 aliphatic carbocycles. The molecule has 0 radical (unpaired) electrons. The fourth-order valence-electron chi connectivity index (χ4n) is 1.99. The summed E-state index contributed by atoms with van der Waals surface area (Å²) in [4.78, 5) is 4.34. The molecule has 20 heavy (non-hydrogen) atoms. The summed E-state index contributed by atoms with van der Waals surface area (Å²) in [7, 11) is -3.69. The Morgan fingerprint density at radius 1 is 1.10 bits per heavy atom. The molecule has 6 heteroatoms. The number of nitrogens with zero attached hydrogens (tertiary/aromatic N) is 1. The van der Waals surface area contributed by atoms with Crippen LogP contribution < -0.4 is 10.5 Å². The zero-order valence-corrected chi connectivity index (χ0v) is 12.5. The zero-order valence-electron chi connectivity index (χ0n) is 11.6. The molecule has 1 aromatic heterocycles. The van der Waals surface area contributed by atoms with Gasteiger partial charge in [-0.15, -0.1) is 0 Å². The molecule has 0 aliphatic rings. The van der Waals surface area contributed by atoms with Crippen LogP contribution in [-0.2, 0) is 10.0 Å². The maximum Gasteiger partial charge on any atom is 0.263 e. The van der Waals surface area contributed by atoms with Crippen molar-refractivity contribution in [3.63, 3.8) is 0 Å². The van der Waals surface area contributed by atoms with Gasteiger partial charge in [-0.2, -0.15) is 0 Å². The number of nitrogens with two attached hydrogens (primary N) is 1. The van der Waals surface area contributed by atoms with Gasteiger partial charge in [-0.25, -0.2) is 13.4 Å². The van der Waals surface area contributed by atoms with Crippen LogP contribution in [0.3, 0.4) is 0 Å². The Balaban J connectivity index is 2.43. The summed E-state index contributed by atoms with van der Waals surface area (Å²) in [6, 6.07) is 8.36. The van der Waals surface area contributed by atoms with Crippen molar-refractivity contribution < 1.29 is 8.42 Å². The fraction of sp³-hybridized carbons (Fsp3) is 0.214. The normalized spacial score (nSPS) is 11.3. The SMILES string of the molecule is Cc1cc(C)nc(NS(=O)(=O)c2cc(N)ccc2C)c1. The second-order valence-corrected chi connectivity index (χ2v) is 6.45. The molecule has 0 atom stereocenters. The summed E-state index contributed by atoms with van der Waals surface area (Å²) >= 11 is 0. The van der Waals surface area contributed by atoms with Gasteiger partial charge in [0.15, 0.2) is 0 Å². The van der Waals surface area contributed by atoms with E-state index in [4.69, 9.17) is 5.73 Å². The molecule has 1 heterocycles. The highest BCUT2D eigenvalue weighted by atomic mass is 32.2. The van der Waals surface area contributed by atoms with Gasteiger partial charge in [0.1, 0.15) is 5.82 Å². The van der Waals surface area contributed by atoms with Gasteiger partial charge >= 0.3 is 0 Å². The van der Waals surface area contributed by atoms with Crippen molar-refractivity contribution >= 4 is 21.5 Å². The Labute approximate surface area is 118 Å². The van der Waals surface area contributed by atoms with E-state index < -0.39 is 10.0 Å². The van der Waals surface area contributed by atoms with E-state index in [9.17, 15) is 8.42 Å². The minimum atomic E-state index is -3.69. The molecule has 0 saturated heterocycles. The first-order valence-electron chi connectivity index (χ1n) is 6.12. The lowest BCUT2D eigenvalue weighted by atomic mass is 10.2. The third-order valence-electron chi connectivity index (χ3n) is 2.84. The standard InChI is InChI=1S/C14H17N3O2S/c1-9-6-11(3)16-14(7-9)17-20(18,19)13-8-12(15)5-4-10(13)2/h4-8H,15H2,1-3H3,(H,16,17). The molecule has 1 aromatic carbocycles. The van der Waals surface area contributed by atoms with Gasteiger partial charge in [-0.3, -0.25) is 4.72 Å². The Hall–Kier alpha value is -2.08. The van der Waals surface area contributed by atoms with Crippen molar-refractivity contribution in [3.05, 3.63) is 47.2 Å². The number of hydrogen-bond acceptors (Lipinski definition) is 4. The lowest BCUT2D eigenvalue weighted by Gasteiger charge is -2.11. The minimum Gasteiger partial charge on any atom is -0.399 e. The Morgan fingerprint density at radius 3 is 2.45 bits per heavy atom. The summed E-state index contributed by atoms with van der Waals surface area (Å²) in [6.45, 7) is 5.43. The Morgan fingerprint density at radius 2 is 1.80 bits per heavy atom. The molecule has 0 amide bonds. The smallest absolute Gasteiger partial charge is 0.263 e. The molecule has 2 rings (SSSR count). The van der Waals surface area contributed by atoms with Crippen LogP contribution in [0.15, 0.2) is 35.2 Å². The lowest BCUT2D eigenvalue weighted by Crippen LogP contribution is -2.15. The van der Waals surface area contributed by atoms with Crippen molar-refractivity contribution in [2.75, 3.05) is 10.5 Å². The first-order chi connectivity index (χ1) is 9.28. The first kappa shape index (κ1) is 14.3. The summed E-state index contributed by atoms with van der Waals surface area (Å²) in [5.41, 5.74) is 8.40. The van der Waals surface area contributed by atoms with Crippen LogP contribution in [0.25, 0.3) is 0 Å². The third-order valence-corrected chi connectivity index (χ3v) is 4.34. The molecule has 5 nitrogen and oxygen atoms in total. The topological polar surface area (TPSA) is 85.1 Å². The number of nitrogen functional groups attached to an aromatic ring is 1. The van der Waals surface area contributed by atoms with Gasteiger partial charge in [0, 0.05) is 11.4 Å². The van der Waals surface area contributed by atoms with Crippen LogP contribution in [0.1, 0.15) is 16.8 Å². The van der Waals surface area contributed by atoms with Gasteiger partial charge in [-0.05, 0) is 56.2 Å². The molecule has 0 aliphatic heterocycles. The van der Waals surface area contributed by atoms with E-state index in [2.05, 4.69) is 9.71 Å². The minimum absolute atomic E-state index is 0.165. The van der Waals surface area contributed by atoms with Gasteiger partial charge in [0.25, 0.3) is 10.0 Å². The van der Waals surface area contributed by atoms with Crippen LogP contribution >= 0.6 is 0 Å². The monoisotopic (exact) mass is 291 g/mol. The molecule has 106 valence electrons. The number of aryl methyl sites for hydroxylation is 3. The summed E-state index contributed by atoms with van der Waals surface area (Å²) in [6.07, 6.45) is 0. The predicted molar refractivity (Wildman–Crippen MR) is 80.1 cm³/mol. The van der Waals surface area contributed by atoms with E-state index in [0.29, 0.717) is 17.1 Å². The third kappa shape index (κ3) is 3.08. The summed E-state index contributed by atoms with van der Waals surface area (Å²) < 4.78 is 27.3. The van der Waals surface area contributed by atoms with E-state index in [1.165, 1.54) is 6.07 Å². The van der Waals surface area contributed by atoms with Gasteiger partial charge in [0.05, 0.1) is 4.90 Å². The van der Waals surface area contributed by atoms with E-state index in [0.717, 1.165) is 11.3 Å². The molecule has 3 N–H and O–H groups in total. The second-order valence-electron chi connectivity index (χ2n) is 4.80. The number of sulfonamides is 1. The van der Waals surface area contributed by atoms with Crippen LogP contribution in [0, 0.1) is 20.8 Å². The number of pyridine rings is 1. The number of anilines is 2. The zero-order chi connectivity index (χ0) is 14.9. The van der Waals surface area contributed by atoms with Crippen molar-refractivity contribution in [1.82, 2.24) is 4.98 Å². The van der Waals surface area contributed by atoms with Crippen LogP contribution in [0.5, 0.6) is 0 Å². The van der Waals surface area contributed by atoms with Gasteiger partial charge in [0.2, 0.25) is 0 Å². The number of rotatable bonds is 3. The highest BCUT2D eigenvalue weighted by molar-refractivity contribution is 7.92. The lowest BCUT2D eigenvalue weighted by molar-refractivity contribution is 0.600. The molecule has 0 bridgehead atoms. The summed E-state index contributed by atoms with van der Waals surface area (Å²) in [5, 5.41) is 0. The van der Waals surface area contributed by atoms with Crippen LogP contribution in [0.2, 0.25) is 0 Å². The van der Waals surface area contributed by atoms with E-state index >= 15 is 0 Å². The average Bonchev–Trinajstić information content (AvgIpc) is 2.30. The van der Waals surface area contributed by atoms with Crippen LogP contribution in [-0.4, -0.2) is 13.4 Å². The maximum absolute atomic E-state index is 12.4. The first-order valence-corrected chi connectivity index (χ1v) is 7.60. The molecule has 0 saturated carbocycles. The Kier molecular flexibility index (Phi) is 3.67. The number of hydrogen-bond donors (Lipinski definition) is 2. The van der Waals surface area contributed by atoms with Crippen molar-refractivity contribution in [2.45, 2.75) is 25.7 Å². The molecular weight excluding hydrogens is 274 g/mol. The molecule has 0 spiro atoms. The van der Waals surface area contributed by atoms with E-state index in [-0.39, 0.29) is 4.90 Å². The van der Waals surface area contributed by atoms with E-state index in [1.54, 1.807) is 25.1 Å². The molecule has 0 unspecified atom stereocenters. The largest absolute Gasteiger partial charge is 0.399 e. The fourth-order valence-corrected chi connectivity index (χ4v) is 3.27. The van der Waals surface area contributed by atoms with Crippen molar-refractivity contribution in [1.29, 1.82) is 0 Å². The maximum atomic E-state index is 12.4. The number of aromatic nitrogens is 1. The van der Waals surface area contributed by atoms with Crippen molar-refractivity contribution in [2.24, 2.45) is 0 Å². The average molecular weight is 291 g/mol. The molecule has 2 aromatic rings. The Bertz CT molecular complexity index is 735. The number of nitrogens with one attached hydrogen (secondary N) is 1. The highest BCUT2D eigenvalue weighted by Gasteiger charge is 2.18. The quantitative estimate of drug-likeness (QED) is 0.850. The predicted octanol–water partition coefficient (Wildman–Crippen LogP) is 2.39. The van der Waals surface area contributed by atoms with Gasteiger partial charge < -0.3 is 5.73 Å². The van der Waals surface area contributed by atoms with Crippen molar-refractivity contribution in [3.8, 4) is 0 Å². The molecule has 0 fully saturated rings. The second kappa shape index (κ2) is 5.13. The van der Waals surface area contributed by atoms with Crippen LogP contribution in [0.4, 0.5) is 11.5 Å². The molecular formula is C14H17N3O2S. The summed E-state index contributed by atoms with van der Waals surface area (Å²) in [5.74, 6) is 0.310. The highest BCUT2D eigenvalue weighted by Crippen LogP contribution is 2.21.